The van der Waals surface area contributed by atoms with Crippen LogP contribution in [0.3, 0.4) is 0 Å². The highest BCUT2D eigenvalue weighted by Crippen LogP contribution is 2.31. The summed E-state index contributed by atoms with van der Waals surface area (Å²) in [6, 6.07) is 3.51. The van der Waals surface area contributed by atoms with Crippen molar-refractivity contribution < 1.29 is 13.2 Å². The first-order valence-electron chi connectivity index (χ1n) is 5.35. The number of hydrogen-bond donors (Lipinski definition) is 0. The molecule has 0 saturated heterocycles. The highest BCUT2D eigenvalue weighted by molar-refractivity contribution is 5.75. The zero-order valence-corrected chi connectivity index (χ0v) is 9.49. The van der Waals surface area contributed by atoms with Crippen molar-refractivity contribution in [2.45, 2.75) is 32.5 Å². The van der Waals surface area contributed by atoms with Crippen LogP contribution in [0.15, 0.2) is 18.2 Å². The first-order valence-corrected chi connectivity index (χ1v) is 5.35. The average Bonchev–Trinajstić information content (AvgIpc) is 2.69. The van der Waals surface area contributed by atoms with Gasteiger partial charge in [0.25, 0.3) is 0 Å². The van der Waals surface area contributed by atoms with Crippen molar-refractivity contribution in [2.75, 3.05) is 0 Å². The van der Waals surface area contributed by atoms with Crippen LogP contribution in [0, 0.1) is 0 Å². The number of nitrogens with zero attached hydrogens (tertiary/aromatic N) is 3. The van der Waals surface area contributed by atoms with Gasteiger partial charge in [0.1, 0.15) is 5.52 Å². The Hall–Kier alpha value is -1.59. The van der Waals surface area contributed by atoms with Crippen LogP contribution < -0.4 is 0 Å². The van der Waals surface area contributed by atoms with Crippen molar-refractivity contribution in [3.05, 3.63) is 23.8 Å². The molecule has 1 unspecified atom stereocenters. The predicted octanol–water partition coefficient (Wildman–Crippen LogP) is 3.42. The number of halogens is 3. The zero-order valence-electron chi connectivity index (χ0n) is 9.49. The number of hydrogen-bond acceptors (Lipinski definition) is 2. The zero-order chi connectivity index (χ0) is 12.6. The molecule has 0 spiro atoms. The van der Waals surface area contributed by atoms with Gasteiger partial charge in [0, 0.05) is 0 Å². The minimum atomic E-state index is -4.33. The van der Waals surface area contributed by atoms with E-state index in [-0.39, 0.29) is 6.04 Å². The third-order valence-electron chi connectivity index (χ3n) is 2.81. The van der Waals surface area contributed by atoms with Gasteiger partial charge in [0.15, 0.2) is 0 Å². The molecule has 6 heteroatoms. The van der Waals surface area contributed by atoms with E-state index >= 15 is 0 Å². The highest BCUT2D eigenvalue weighted by atomic mass is 19.4. The van der Waals surface area contributed by atoms with E-state index in [1.807, 2.05) is 13.8 Å². The highest BCUT2D eigenvalue weighted by Gasteiger charge is 2.31. The molecular formula is C11H12F3N3. The van der Waals surface area contributed by atoms with Crippen LogP contribution in [-0.2, 0) is 6.18 Å². The van der Waals surface area contributed by atoms with E-state index in [2.05, 4.69) is 10.3 Å². The van der Waals surface area contributed by atoms with Crippen molar-refractivity contribution in [3.63, 3.8) is 0 Å². The molecule has 1 heterocycles. The lowest BCUT2D eigenvalue weighted by Crippen LogP contribution is -2.08. The van der Waals surface area contributed by atoms with Crippen molar-refractivity contribution in [1.82, 2.24) is 15.0 Å². The van der Waals surface area contributed by atoms with Crippen LogP contribution in [-0.4, -0.2) is 15.0 Å². The predicted molar refractivity (Wildman–Crippen MR) is 57.5 cm³/mol. The molecule has 0 radical (unpaired) electrons. The Balaban J connectivity index is 2.58. The summed E-state index contributed by atoms with van der Waals surface area (Å²) >= 11 is 0. The molecule has 1 aromatic heterocycles. The Kier molecular flexibility index (Phi) is 2.81. The summed E-state index contributed by atoms with van der Waals surface area (Å²) < 4.78 is 39.3. The molecule has 0 bridgehead atoms. The summed E-state index contributed by atoms with van der Waals surface area (Å²) in [5, 5.41) is 7.75. The fourth-order valence-corrected chi connectivity index (χ4v) is 1.61. The SMILES string of the molecule is CCC(C)n1nnc2ccc(C(F)(F)F)cc21. The van der Waals surface area contributed by atoms with E-state index in [0.29, 0.717) is 11.0 Å². The van der Waals surface area contributed by atoms with E-state index in [0.717, 1.165) is 18.6 Å². The molecule has 92 valence electrons. The Labute approximate surface area is 96.2 Å². The molecule has 0 aliphatic rings. The minimum absolute atomic E-state index is 0.0310. The second-order valence-corrected chi connectivity index (χ2v) is 3.99. The summed E-state index contributed by atoms with van der Waals surface area (Å²) in [7, 11) is 0. The molecule has 3 nitrogen and oxygen atoms in total. The van der Waals surface area contributed by atoms with Gasteiger partial charge < -0.3 is 0 Å². The van der Waals surface area contributed by atoms with Gasteiger partial charge in [-0.05, 0) is 31.5 Å². The molecule has 17 heavy (non-hydrogen) atoms. The van der Waals surface area contributed by atoms with E-state index < -0.39 is 11.7 Å². The van der Waals surface area contributed by atoms with Crippen molar-refractivity contribution in [2.24, 2.45) is 0 Å². The maximum Gasteiger partial charge on any atom is 0.416 e. The number of fused-ring (bicyclic) bond motifs is 1. The third-order valence-corrected chi connectivity index (χ3v) is 2.81. The summed E-state index contributed by atoms with van der Waals surface area (Å²) in [6.07, 6.45) is -3.55. The molecule has 0 N–H and O–H groups in total. The second kappa shape index (κ2) is 4.01. The van der Waals surface area contributed by atoms with E-state index in [4.69, 9.17) is 0 Å². The molecule has 0 fully saturated rings. The topological polar surface area (TPSA) is 30.7 Å². The average molecular weight is 243 g/mol. The first kappa shape index (κ1) is 11.9. The van der Waals surface area contributed by atoms with Gasteiger partial charge >= 0.3 is 6.18 Å². The van der Waals surface area contributed by atoms with Gasteiger partial charge in [-0.15, -0.1) is 5.10 Å². The van der Waals surface area contributed by atoms with E-state index in [9.17, 15) is 13.2 Å². The molecule has 2 rings (SSSR count). The fraction of sp³-hybridized carbons (Fsp3) is 0.455. The van der Waals surface area contributed by atoms with Crippen LogP contribution in [0.2, 0.25) is 0 Å². The van der Waals surface area contributed by atoms with E-state index in [1.165, 1.54) is 10.7 Å². The van der Waals surface area contributed by atoms with Crippen molar-refractivity contribution >= 4 is 11.0 Å². The summed E-state index contributed by atoms with van der Waals surface area (Å²) in [4.78, 5) is 0. The second-order valence-electron chi connectivity index (χ2n) is 3.99. The molecular weight excluding hydrogens is 231 g/mol. The Morgan fingerprint density at radius 1 is 1.35 bits per heavy atom. The number of benzene rings is 1. The lowest BCUT2D eigenvalue weighted by atomic mass is 10.2. The molecule has 1 aromatic carbocycles. The van der Waals surface area contributed by atoms with Gasteiger partial charge in [-0.2, -0.15) is 13.2 Å². The van der Waals surface area contributed by atoms with Crippen LogP contribution in [0.4, 0.5) is 13.2 Å². The Morgan fingerprint density at radius 3 is 2.65 bits per heavy atom. The van der Waals surface area contributed by atoms with Gasteiger partial charge in [-0.3, -0.25) is 0 Å². The Morgan fingerprint density at radius 2 is 2.06 bits per heavy atom. The summed E-state index contributed by atoms with van der Waals surface area (Å²) in [5.74, 6) is 0. The minimum Gasteiger partial charge on any atom is -0.242 e. The number of aromatic nitrogens is 3. The van der Waals surface area contributed by atoms with Crippen LogP contribution >= 0.6 is 0 Å². The molecule has 1 atom stereocenters. The fourth-order valence-electron chi connectivity index (χ4n) is 1.61. The van der Waals surface area contributed by atoms with Crippen LogP contribution in [0.25, 0.3) is 11.0 Å². The van der Waals surface area contributed by atoms with Crippen LogP contribution in [0.5, 0.6) is 0 Å². The monoisotopic (exact) mass is 243 g/mol. The maximum absolute atomic E-state index is 12.6. The summed E-state index contributed by atoms with van der Waals surface area (Å²) in [5.41, 5.74) is 0.240. The molecule has 2 aromatic rings. The summed E-state index contributed by atoms with van der Waals surface area (Å²) in [6.45, 7) is 3.85. The third kappa shape index (κ3) is 2.11. The molecule has 0 aliphatic carbocycles. The van der Waals surface area contributed by atoms with Crippen molar-refractivity contribution in [3.8, 4) is 0 Å². The lowest BCUT2D eigenvalue weighted by Gasteiger charge is -2.10. The van der Waals surface area contributed by atoms with Crippen LogP contribution in [0.1, 0.15) is 31.9 Å². The van der Waals surface area contributed by atoms with Gasteiger partial charge in [0.2, 0.25) is 0 Å². The largest absolute Gasteiger partial charge is 0.416 e. The standard InChI is InChI=1S/C11H12F3N3/c1-3-7(2)17-10-6-8(11(12,13)14)4-5-9(10)15-16-17/h4-7H,3H2,1-2H3. The normalized spacial score (nSPS) is 14.2. The van der Waals surface area contributed by atoms with Crippen molar-refractivity contribution in [1.29, 1.82) is 0 Å². The smallest absolute Gasteiger partial charge is 0.242 e. The maximum atomic E-state index is 12.6. The molecule has 0 amide bonds. The molecule has 0 aliphatic heterocycles. The first-order chi connectivity index (χ1) is 7.93. The van der Waals surface area contributed by atoms with Gasteiger partial charge in [-0.1, -0.05) is 12.1 Å². The Bertz CT molecular complexity index is 530. The molecule has 0 saturated carbocycles. The number of alkyl halides is 3. The van der Waals surface area contributed by atoms with Gasteiger partial charge in [-0.25, -0.2) is 4.68 Å². The van der Waals surface area contributed by atoms with E-state index in [1.54, 1.807) is 0 Å². The number of rotatable bonds is 2. The van der Waals surface area contributed by atoms with Gasteiger partial charge in [0.05, 0.1) is 17.1 Å². The quantitative estimate of drug-likeness (QED) is 0.809. The lowest BCUT2D eigenvalue weighted by molar-refractivity contribution is -0.137.